The van der Waals surface area contributed by atoms with Gasteiger partial charge in [-0.05, 0) is 53.1 Å². The number of rotatable bonds is 6. The Balaban J connectivity index is 1.72. The van der Waals surface area contributed by atoms with Gasteiger partial charge >= 0.3 is 0 Å². The lowest BCUT2D eigenvalue weighted by Gasteiger charge is -2.11. The molecule has 1 nitrogen and oxygen atoms in total. The van der Waals surface area contributed by atoms with Gasteiger partial charge in [-0.15, -0.1) is 0 Å². The normalized spacial score (nSPS) is 11.2. The fourth-order valence-electron chi connectivity index (χ4n) is 3.81. The number of hydrogen-bond acceptors (Lipinski definition) is 1. The molecule has 32 heavy (non-hydrogen) atoms. The zero-order valence-corrected chi connectivity index (χ0v) is 17.2. The van der Waals surface area contributed by atoms with Crippen LogP contribution in [0.1, 0.15) is 25.3 Å². The van der Waals surface area contributed by atoms with E-state index in [1.165, 1.54) is 12.1 Å². The topological polar surface area (TPSA) is 9.23 Å². The Labute approximate surface area is 182 Å². The van der Waals surface area contributed by atoms with Gasteiger partial charge in [-0.25, -0.2) is 17.6 Å². The summed E-state index contributed by atoms with van der Waals surface area (Å²) >= 11 is 0. The van der Waals surface area contributed by atoms with Crippen LogP contribution in [0.15, 0.2) is 60.7 Å². The molecule has 0 atom stereocenters. The molecule has 0 aliphatic rings. The third kappa shape index (κ3) is 4.05. The summed E-state index contributed by atoms with van der Waals surface area (Å²) in [5, 5.41) is 1.19. The number of halogens is 5. The molecule has 164 valence electrons. The molecule has 4 aromatic rings. The van der Waals surface area contributed by atoms with E-state index < -0.39 is 29.0 Å². The Morgan fingerprint density at radius 2 is 1.41 bits per heavy atom. The predicted octanol–water partition coefficient (Wildman–Crippen LogP) is 8.34. The van der Waals surface area contributed by atoms with Gasteiger partial charge in [-0.3, -0.25) is 4.94 Å². The summed E-state index contributed by atoms with van der Waals surface area (Å²) in [5.74, 6) is -5.07. The van der Waals surface area contributed by atoms with Crippen molar-refractivity contribution < 1.29 is 27.0 Å². The lowest BCUT2D eigenvalue weighted by molar-refractivity contribution is -0.0152. The second-order valence-electron chi connectivity index (χ2n) is 7.63. The average molecular weight is 442 g/mol. The monoisotopic (exact) mass is 442 g/mol. The highest BCUT2D eigenvalue weighted by molar-refractivity contribution is 5.89. The van der Waals surface area contributed by atoms with Crippen molar-refractivity contribution in [2.45, 2.75) is 26.2 Å². The van der Waals surface area contributed by atoms with Crippen molar-refractivity contribution in [3.8, 4) is 28.0 Å². The average Bonchev–Trinajstić information content (AvgIpc) is 2.77. The van der Waals surface area contributed by atoms with Gasteiger partial charge in [-0.2, -0.15) is 0 Å². The fraction of sp³-hybridized carbons (Fsp3) is 0.154. The second-order valence-corrected chi connectivity index (χ2v) is 7.63. The van der Waals surface area contributed by atoms with Crippen LogP contribution in [0.5, 0.6) is 5.75 Å². The Kier molecular flexibility index (Phi) is 6.12. The zero-order chi connectivity index (χ0) is 22.8. The molecule has 4 rings (SSSR count). The Morgan fingerprint density at radius 3 is 2.06 bits per heavy atom. The largest absolute Gasteiger partial charge is 0.288 e. The van der Waals surface area contributed by atoms with Crippen LogP contribution in [0.25, 0.3) is 33.0 Å². The van der Waals surface area contributed by atoms with Crippen LogP contribution in [0.3, 0.4) is 0 Å². The van der Waals surface area contributed by atoms with Crippen molar-refractivity contribution in [2.75, 3.05) is 0 Å². The van der Waals surface area contributed by atoms with Gasteiger partial charge in [-0.1, -0.05) is 55.8 Å². The van der Waals surface area contributed by atoms with Crippen molar-refractivity contribution in [1.29, 1.82) is 0 Å². The van der Waals surface area contributed by atoms with Crippen molar-refractivity contribution >= 4 is 10.8 Å². The first kappa shape index (κ1) is 21.8. The summed E-state index contributed by atoms with van der Waals surface area (Å²) in [6.45, 7) is 2.11. The maximum absolute atomic E-state index is 15.2. The van der Waals surface area contributed by atoms with Crippen molar-refractivity contribution in [3.63, 3.8) is 0 Å². The van der Waals surface area contributed by atoms with Gasteiger partial charge in [0.15, 0.2) is 11.6 Å². The molecule has 0 aliphatic carbocycles. The molecule has 0 radical (unpaired) electrons. The van der Waals surface area contributed by atoms with E-state index in [1.54, 1.807) is 18.2 Å². The van der Waals surface area contributed by atoms with Crippen LogP contribution in [-0.4, -0.2) is 0 Å². The Bertz CT molecular complexity index is 1280. The van der Waals surface area contributed by atoms with Crippen LogP contribution >= 0.6 is 0 Å². The van der Waals surface area contributed by atoms with E-state index in [2.05, 4.69) is 11.9 Å². The van der Waals surface area contributed by atoms with E-state index in [0.717, 1.165) is 48.4 Å². The summed E-state index contributed by atoms with van der Waals surface area (Å²) < 4.78 is 69.8. The van der Waals surface area contributed by atoms with E-state index in [1.807, 2.05) is 12.1 Å². The van der Waals surface area contributed by atoms with Crippen molar-refractivity contribution in [3.05, 3.63) is 89.5 Å². The minimum atomic E-state index is -1.30. The first-order valence-corrected chi connectivity index (χ1v) is 10.2. The summed E-state index contributed by atoms with van der Waals surface area (Å²) in [6, 6.07) is 14.3. The van der Waals surface area contributed by atoms with Crippen molar-refractivity contribution in [2.24, 2.45) is 0 Å². The molecule has 0 bridgehead atoms. The molecule has 0 N–H and O–H groups in total. The van der Waals surface area contributed by atoms with E-state index in [-0.39, 0.29) is 22.3 Å². The first-order valence-electron chi connectivity index (χ1n) is 10.2. The molecule has 0 fully saturated rings. The number of fused-ring (bicyclic) bond motifs is 1. The highest BCUT2D eigenvalue weighted by Crippen LogP contribution is 2.34. The highest BCUT2D eigenvalue weighted by atomic mass is 19.3. The third-order valence-electron chi connectivity index (χ3n) is 5.50. The fourth-order valence-corrected chi connectivity index (χ4v) is 3.81. The van der Waals surface area contributed by atoms with Gasteiger partial charge in [0.05, 0.1) is 0 Å². The number of hydrogen-bond donors (Lipinski definition) is 0. The van der Waals surface area contributed by atoms with Gasteiger partial charge < -0.3 is 0 Å². The van der Waals surface area contributed by atoms with Crippen LogP contribution in [0.2, 0.25) is 0 Å². The van der Waals surface area contributed by atoms with Gasteiger partial charge in [0.1, 0.15) is 11.6 Å². The SMILES string of the molecule is CCCCc1ccc2c(F)c(-c3ccc(-c4cc(F)c(OF)c(F)c4)c(F)c3)ccc2c1. The maximum atomic E-state index is 15.2. The molecule has 0 heterocycles. The minimum absolute atomic E-state index is 0.112. The van der Waals surface area contributed by atoms with Crippen LogP contribution in [0, 0.1) is 23.3 Å². The molecule has 0 saturated carbocycles. The van der Waals surface area contributed by atoms with Crippen LogP contribution < -0.4 is 4.94 Å². The molecule has 0 unspecified atom stereocenters. The first-order chi connectivity index (χ1) is 15.4. The van der Waals surface area contributed by atoms with Gasteiger partial charge in [0.2, 0.25) is 5.75 Å². The quantitative estimate of drug-likeness (QED) is 0.273. The smallest absolute Gasteiger partial charge is 0.242 e. The van der Waals surface area contributed by atoms with E-state index >= 15 is 4.39 Å². The summed E-state index contributed by atoms with van der Waals surface area (Å²) in [4.78, 5) is 3.16. The number of unbranched alkanes of at least 4 members (excludes halogenated alkanes) is 1. The molecule has 0 saturated heterocycles. The number of aryl methyl sites for hydroxylation is 1. The van der Waals surface area contributed by atoms with Crippen LogP contribution in [0.4, 0.5) is 22.1 Å². The molecule has 0 spiro atoms. The number of benzene rings is 4. The van der Waals surface area contributed by atoms with Gasteiger partial charge in [0.25, 0.3) is 0 Å². The second kappa shape index (κ2) is 8.99. The molecule has 0 amide bonds. The molecular weight excluding hydrogens is 423 g/mol. The highest BCUT2D eigenvalue weighted by Gasteiger charge is 2.18. The lowest BCUT2D eigenvalue weighted by Crippen LogP contribution is -1.94. The predicted molar refractivity (Wildman–Crippen MR) is 115 cm³/mol. The molecular formula is C26H19F5O. The van der Waals surface area contributed by atoms with Crippen LogP contribution in [-0.2, 0) is 6.42 Å². The molecule has 4 aromatic carbocycles. The standard InChI is InChI=1S/C26H19F5O/c1-2-3-4-15-5-8-20-16(11-15)7-10-21(25(20)30)17-6-9-19(22(27)12-17)18-13-23(28)26(32-31)24(29)14-18/h5-14H,2-4H2,1H3. The lowest BCUT2D eigenvalue weighted by atomic mass is 9.96. The zero-order valence-electron chi connectivity index (χ0n) is 17.2. The van der Waals surface area contributed by atoms with Crippen molar-refractivity contribution in [1.82, 2.24) is 0 Å². The minimum Gasteiger partial charge on any atom is -0.288 e. The van der Waals surface area contributed by atoms with E-state index in [9.17, 15) is 17.7 Å². The summed E-state index contributed by atoms with van der Waals surface area (Å²) in [5.41, 5.74) is 1.38. The van der Waals surface area contributed by atoms with Gasteiger partial charge in [0, 0.05) is 21.0 Å². The van der Waals surface area contributed by atoms with E-state index in [0.29, 0.717) is 5.39 Å². The molecule has 0 aliphatic heterocycles. The summed E-state index contributed by atoms with van der Waals surface area (Å²) in [7, 11) is 0. The Hall–Kier alpha value is -3.41. The third-order valence-corrected chi connectivity index (χ3v) is 5.50. The maximum Gasteiger partial charge on any atom is 0.242 e. The molecule has 0 aromatic heterocycles. The summed E-state index contributed by atoms with van der Waals surface area (Å²) in [6.07, 6.45) is 3.04. The Morgan fingerprint density at radius 1 is 0.719 bits per heavy atom. The van der Waals surface area contributed by atoms with E-state index in [4.69, 9.17) is 0 Å². The molecule has 6 heteroatoms.